The molecule has 0 bridgehead atoms. The molecule has 0 saturated carbocycles. The van der Waals surface area contributed by atoms with Crippen molar-refractivity contribution in [3.63, 3.8) is 0 Å². The number of carbonyl (C=O) groups excluding carboxylic acids is 1. The summed E-state index contributed by atoms with van der Waals surface area (Å²) >= 11 is 1.10. The summed E-state index contributed by atoms with van der Waals surface area (Å²) in [5.74, 6) is -0.190. The lowest BCUT2D eigenvalue weighted by Gasteiger charge is -2.08. The standard InChI is InChI=1S/C17H12F3N3O2S/c1-10-13(26-15(23-10)14-21-7-2-8-22-14)16(24)25-9-11-3-5-12(6-4-11)17(18,19)20/h2-8H,9H2,1H3. The highest BCUT2D eigenvalue weighted by Crippen LogP contribution is 2.29. The minimum atomic E-state index is -4.40. The van der Waals surface area contributed by atoms with Gasteiger partial charge >= 0.3 is 12.1 Å². The van der Waals surface area contributed by atoms with Crippen LogP contribution < -0.4 is 0 Å². The molecule has 0 atom stereocenters. The first kappa shape index (κ1) is 18.0. The fourth-order valence-electron chi connectivity index (χ4n) is 2.10. The molecular formula is C17H12F3N3O2S. The van der Waals surface area contributed by atoms with Crippen molar-refractivity contribution in [3.8, 4) is 10.8 Å². The Morgan fingerprint density at radius 3 is 2.42 bits per heavy atom. The van der Waals surface area contributed by atoms with Crippen LogP contribution in [0.3, 0.4) is 0 Å². The van der Waals surface area contributed by atoms with E-state index in [4.69, 9.17) is 4.74 Å². The van der Waals surface area contributed by atoms with Gasteiger partial charge in [-0.25, -0.2) is 19.7 Å². The van der Waals surface area contributed by atoms with Gasteiger partial charge in [-0.1, -0.05) is 12.1 Å². The Hall–Kier alpha value is -2.81. The number of thiazole rings is 1. The van der Waals surface area contributed by atoms with E-state index < -0.39 is 17.7 Å². The zero-order valence-electron chi connectivity index (χ0n) is 13.4. The lowest BCUT2D eigenvalue weighted by atomic mass is 10.1. The molecule has 0 unspecified atom stereocenters. The van der Waals surface area contributed by atoms with Crippen molar-refractivity contribution in [3.05, 3.63) is 64.4 Å². The van der Waals surface area contributed by atoms with Gasteiger partial charge in [-0.05, 0) is 30.7 Å². The number of esters is 1. The van der Waals surface area contributed by atoms with Crippen molar-refractivity contribution >= 4 is 17.3 Å². The monoisotopic (exact) mass is 379 g/mol. The molecule has 2 aromatic heterocycles. The zero-order valence-corrected chi connectivity index (χ0v) is 14.3. The smallest absolute Gasteiger partial charge is 0.416 e. The van der Waals surface area contributed by atoms with Gasteiger partial charge in [0.1, 0.15) is 11.5 Å². The predicted molar refractivity (Wildman–Crippen MR) is 88.4 cm³/mol. The van der Waals surface area contributed by atoms with Gasteiger partial charge in [0.2, 0.25) is 0 Å². The molecule has 0 fully saturated rings. The molecule has 0 saturated heterocycles. The first-order valence-corrected chi connectivity index (χ1v) is 8.24. The quantitative estimate of drug-likeness (QED) is 0.633. The summed E-state index contributed by atoms with van der Waals surface area (Å²) in [5, 5.41) is 0.490. The maximum atomic E-state index is 12.5. The Kier molecular flexibility index (Phi) is 4.99. The summed E-state index contributed by atoms with van der Waals surface area (Å²) in [4.78, 5) is 25.0. The van der Waals surface area contributed by atoms with E-state index in [2.05, 4.69) is 15.0 Å². The van der Waals surface area contributed by atoms with E-state index in [9.17, 15) is 18.0 Å². The molecule has 3 aromatic rings. The number of hydrogen-bond donors (Lipinski definition) is 0. The molecule has 1 aromatic carbocycles. The van der Waals surface area contributed by atoms with E-state index in [-0.39, 0.29) is 6.61 Å². The molecule has 26 heavy (non-hydrogen) atoms. The Bertz CT molecular complexity index is 909. The van der Waals surface area contributed by atoms with Gasteiger partial charge in [-0.15, -0.1) is 11.3 Å². The third-order valence-electron chi connectivity index (χ3n) is 3.39. The van der Waals surface area contributed by atoms with E-state index in [0.717, 1.165) is 23.5 Å². The third-order valence-corrected chi connectivity index (χ3v) is 4.52. The van der Waals surface area contributed by atoms with Crippen LogP contribution in [0.5, 0.6) is 0 Å². The van der Waals surface area contributed by atoms with E-state index in [1.54, 1.807) is 25.4 Å². The van der Waals surface area contributed by atoms with Crippen LogP contribution in [-0.2, 0) is 17.5 Å². The highest BCUT2D eigenvalue weighted by atomic mass is 32.1. The van der Waals surface area contributed by atoms with Crippen molar-refractivity contribution in [1.82, 2.24) is 15.0 Å². The van der Waals surface area contributed by atoms with Gasteiger partial charge in [0.05, 0.1) is 11.3 Å². The summed E-state index contributed by atoms with van der Waals surface area (Å²) in [6, 6.07) is 6.12. The molecule has 0 N–H and O–H groups in total. The van der Waals surface area contributed by atoms with E-state index in [0.29, 0.717) is 27.0 Å². The molecule has 0 amide bonds. The highest BCUT2D eigenvalue weighted by Gasteiger charge is 2.30. The minimum Gasteiger partial charge on any atom is -0.457 e. The van der Waals surface area contributed by atoms with Crippen LogP contribution in [0.1, 0.15) is 26.5 Å². The predicted octanol–water partition coefficient (Wildman–Crippen LogP) is 4.28. The second kappa shape index (κ2) is 7.20. The Morgan fingerprint density at radius 1 is 1.15 bits per heavy atom. The third kappa shape index (κ3) is 4.05. The number of alkyl halides is 3. The maximum Gasteiger partial charge on any atom is 0.416 e. The number of rotatable bonds is 4. The highest BCUT2D eigenvalue weighted by molar-refractivity contribution is 7.16. The summed E-state index contributed by atoms with van der Waals surface area (Å²) in [6.07, 6.45) is -1.26. The Labute approximate surface area is 150 Å². The summed E-state index contributed by atoms with van der Waals surface area (Å²) in [5.41, 5.74) is 0.188. The number of nitrogens with zero attached hydrogens (tertiary/aromatic N) is 3. The maximum absolute atomic E-state index is 12.5. The Morgan fingerprint density at radius 2 is 1.81 bits per heavy atom. The lowest BCUT2D eigenvalue weighted by molar-refractivity contribution is -0.137. The van der Waals surface area contributed by atoms with Gasteiger partial charge in [-0.3, -0.25) is 0 Å². The van der Waals surface area contributed by atoms with Crippen molar-refractivity contribution in [1.29, 1.82) is 0 Å². The number of ether oxygens (including phenoxy) is 1. The fraction of sp³-hybridized carbons (Fsp3) is 0.176. The molecule has 0 spiro atoms. The van der Waals surface area contributed by atoms with Crippen molar-refractivity contribution < 1.29 is 22.7 Å². The van der Waals surface area contributed by atoms with Crippen LogP contribution in [0.2, 0.25) is 0 Å². The molecule has 5 nitrogen and oxygen atoms in total. The second-order valence-corrected chi connectivity index (χ2v) is 6.28. The van der Waals surface area contributed by atoms with E-state index in [1.807, 2.05) is 0 Å². The summed E-state index contributed by atoms with van der Waals surface area (Å²) in [6.45, 7) is 1.53. The summed E-state index contributed by atoms with van der Waals surface area (Å²) in [7, 11) is 0. The first-order chi connectivity index (χ1) is 12.3. The van der Waals surface area contributed by atoms with Gasteiger partial charge in [0.15, 0.2) is 10.8 Å². The van der Waals surface area contributed by atoms with Crippen LogP contribution in [-0.4, -0.2) is 20.9 Å². The van der Waals surface area contributed by atoms with Crippen LogP contribution in [0, 0.1) is 6.92 Å². The number of hydrogen-bond acceptors (Lipinski definition) is 6. The molecule has 3 rings (SSSR count). The summed E-state index contributed by atoms with van der Waals surface area (Å²) < 4.78 is 42.8. The minimum absolute atomic E-state index is 0.133. The second-order valence-electron chi connectivity index (χ2n) is 5.28. The zero-order chi connectivity index (χ0) is 18.7. The number of halogens is 3. The van der Waals surface area contributed by atoms with Crippen molar-refractivity contribution in [2.24, 2.45) is 0 Å². The number of benzene rings is 1. The van der Waals surface area contributed by atoms with Gasteiger partial charge in [-0.2, -0.15) is 13.2 Å². The van der Waals surface area contributed by atoms with Crippen molar-refractivity contribution in [2.75, 3.05) is 0 Å². The molecule has 0 aliphatic carbocycles. The molecule has 0 aliphatic rings. The van der Waals surface area contributed by atoms with Crippen LogP contribution in [0.4, 0.5) is 13.2 Å². The van der Waals surface area contributed by atoms with Crippen LogP contribution in [0.15, 0.2) is 42.7 Å². The molecule has 0 aliphatic heterocycles. The SMILES string of the molecule is Cc1nc(-c2ncccn2)sc1C(=O)OCc1ccc(C(F)(F)F)cc1. The number of aromatic nitrogens is 3. The molecule has 9 heteroatoms. The average molecular weight is 379 g/mol. The van der Waals surface area contributed by atoms with Crippen molar-refractivity contribution in [2.45, 2.75) is 19.7 Å². The lowest BCUT2D eigenvalue weighted by Crippen LogP contribution is -2.07. The first-order valence-electron chi connectivity index (χ1n) is 7.42. The van der Waals surface area contributed by atoms with Gasteiger partial charge < -0.3 is 4.74 Å². The molecule has 134 valence electrons. The molecule has 0 radical (unpaired) electrons. The average Bonchev–Trinajstić information content (AvgIpc) is 3.02. The fourth-order valence-corrected chi connectivity index (χ4v) is 3.00. The van der Waals surface area contributed by atoms with Crippen LogP contribution in [0.25, 0.3) is 10.8 Å². The topological polar surface area (TPSA) is 65.0 Å². The molecular weight excluding hydrogens is 367 g/mol. The Balaban J connectivity index is 1.68. The van der Waals surface area contributed by atoms with Gasteiger partial charge in [0, 0.05) is 12.4 Å². The largest absolute Gasteiger partial charge is 0.457 e. The number of carbonyl (C=O) groups is 1. The molecule has 2 heterocycles. The normalized spacial score (nSPS) is 11.4. The van der Waals surface area contributed by atoms with E-state index >= 15 is 0 Å². The van der Waals surface area contributed by atoms with Crippen LogP contribution >= 0.6 is 11.3 Å². The van der Waals surface area contributed by atoms with Gasteiger partial charge in [0.25, 0.3) is 0 Å². The number of aryl methyl sites for hydroxylation is 1. The van der Waals surface area contributed by atoms with E-state index in [1.165, 1.54) is 12.1 Å².